The van der Waals surface area contributed by atoms with Gasteiger partial charge in [0.15, 0.2) is 17.3 Å². The molecule has 0 aliphatic carbocycles. The number of allylic oxidation sites excluding steroid dienone is 6. The zero-order valence-electron chi connectivity index (χ0n) is 13.6. The van der Waals surface area contributed by atoms with E-state index >= 15 is 0 Å². The number of aliphatic hydroxyl groups excluding tert-OH is 3. The number of rotatable bonds is 3. The maximum Gasteiger partial charge on any atom is 0.155 e. The molecule has 0 aromatic heterocycles. The van der Waals surface area contributed by atoms with Crippen LogP contribution in [0, 0.1) is 0 Å². The van der Waals surface area contributed by atoms with Crippen LogP contribution in [-0.2, 0) is 31.2 Å². The molecule has 0 aromatic rings. The van der Waals surface area contributed by atoms with Crippen LogP contribution in [0.2, 0.25) is 0 Å². The van der Waals surface area contributed by atoms with Crippen molar-refractivity contribution in [2.24, 2.45) is 0 Å². The minimum absolute atomic E-state index is 0. The van der Waals surface area contributed by atoms with Crippen LogP contribution in [-0.4, -0.2) is 32.7 Å². The first-order chi connectivity index (χ1) is 9.38. The van der Waals surface area contributed by atoms with E-state index in [9.17, 15) is 14.4 Å². The van der Waals surface area contributed by atoms with Gasteiger partial charge in [-0.3, -0.25) is 14.4 Å². The number of ketones is 3. The summed E-state index contributed by atoms with van der Waals surface area (Å²) in [7, 11) is 0. The molecule has 0 aliphatic rings. The van der Waals surface area contributed by atoms with Crippen LogP contribution in [0.15, 0.2) is 35.5 Å². The number of aliphatic hydroxyl groups is 3. The first kappa shape index (κ1) is 28.3. The molecule has 0 saturated carbocycles. The summed E-state index contributed by atoms with van der Waals surface area (Å²) in [5.74, 6) is -0.187. The van der Waals surface area contributed by atoms with E-state index in [1.807, 2.05) is 0 Å². The van der Waals surface area contributed by atoms with Crippen molar-refractivity contribution in [2.45, 2.75) is 41.5 Å². The number of hydrogen-bond donors (Lipinski definition) is 3. The Bertz CT molecular complexity index is 368. The molecule has 0 spiro atoms. The maximum atomic E-state index is 10.0. The van der Waals surface area contributed by atoms with Crippen molar-refractivity contribution in [2.75, 3.05) is 0 Å². The molecule has 0 heterocycles. The second-order valence-electron chi connectivity index (χ2n) is 4.19. The van der Waals surface area contributed by atoms with Crippen LogP contribution < -0.4 is 0 Å². The Balaban J connectivity index is -0.000000108. The van der Waals surface area contributed by atoms with E-state index in [1.54, 1.807) is 0 Å². The molecule has 6 nitrogen and oxygen atoms in total. The third-order valence-corrected chi connectivity index (χ3v) is 1.24. The zero-order valence-corrected chi connectivity index (χ0v) is 14.7. The van der Waals surface area contributed by atoms with E-state index < -0.39 is 0 Å². The largest absolute Gasteiger partial charge is 0.512 e. The van der Waals surface area contributed by atoms with Crippen LogP contribution in [0.4, 0.5) is 0 Å². The normalized spacial score (nSPS) is 10.9. The third-order valence-electron chi connectivity index (χ3n) is 1.24. The Hall–Kier alpha value is -1.86. The number of carbonyl (C=O) groups is 3. The van der Waals surface area contributed by atoms with Gasteiger partial charge < -0.3 is 15.3 Å². The van der Waals surface area contributed by atoms with Gasteiger partial charge in [0.25, 0.3) is 0 Å². The summed E-state index contributed by atoms with van der Waals surface area (Å²) >= 11 is 0. The fraction of sp³-hybridized carbons (Fsp3) is 0.400. The first-order valence-electron chi connectivity index (χ1n) is 6.02. The van der Waals surface area contributed by atoms with E-state index in [1.165, 1.54) is 59.8 Å². The minimum atomic E-state index is -0.125. The van der Waals surface area contributed by atoms with Crippen molar-refractivity contribution in [3.05, 3.63) is 35.5 Å². The van der Waals surface area contributed by atoms with Crippen molar-refractivity contribution >= 4 is 17.3 Å². The van der Waals surface area contributed by atoms with Crippen LogP contribution >= 0.6 is 0 Å². The van der Waals surface area contributed by atoms with E-state index in [0.717, 1.165) is 0 Å². The summed E-state index contributed by atoms with van der Waals surface area (Å²) in [6.07, 6.45) is 3.50. The van der Waals surface area contributed by atoms with Gasteiger partial charge in [-0.25, -0.2) is 0 Å². The molecule has 3 N–H and O–H groups in total. The topological polar surface area (TPSA) is 112 Å². The van der Waals surface area contributed by atoms with Crippen molar-refractivity contribution in [3.63, 3.8) is 0 Å². The SMILES string of the molecule is CC(=O)/C=C(/C)O.CC(=O)C=C(C)O.CC(=O)C=C(C)O.[Co]. The molecule has 129 valence electrons. The van der Waals surface area contributed by atoms with Crippen molar-refractivity contribution in [1.82, 2.24) is 0 Å². The van der Waals surface area contributed by atoms with E-state index in [-0.39, 0.29) is 51.4 Å². The predicted octanol–water partition coefficient (Wildman–Crippen LogP) is 3.11. The molecule has 0 saturated heterocycles. The first-order valence-corrected chi connectivity index (χ1v) is 6.02. The average Bonchev–Trinajstić information content (AvgIpc) is 2.10. The number of hydrogen-bond acceptors (Lipinski definition) is 6. The molecule has 0 fully saturated rings. The molecule has 0 rings (SSSR count). The summed E-state index contributed by atoms with van der Waals surface area (Å²) < 4.78 is 0. The molecule has 0 unspecified atom stereocenters. The second-order valence-corrected chi connectivity index (χ2v) is 4.19. The summed E-state index contributed by atoms with van der Waals surface area (Å²) in [4.78, 5) is 30.1. The van der Waals surface area contributed by atoms with Gasteiger partial charge in [-0.2, -0.15) is 0 Å². The summed E-state index contributed by atoms with van der Waals surface area (Å²) in [5.41, 5.74) is 0. The van der Waals surface area contributed by atoms with E-state index in [2.05, 4.69) is 0 Å². The van der Waals surface area contributed by atoms with Crippen molar-refractivity contribution in [3.8, 4) is 0 Å². The standard InChI is InChI=1S/3C5H8O2.Co/c3*1-4(6)3-5(2)7;/h3*3,6H,1-2H3;/b4-3-;;;. The van der Waals surface area contributed by atoms with Gasteiger partial charge in [0.1, 0.15) is 0 Å². The molecule has 22 heavy (non-hydrogen) atoms. The molecule has 0 aromatic carbocycles. The van der Waals surface area contributed by atoms with Gasteiger partial charge in [-0.15, -0.1) is 0 Å². The molecule has 0 atom stereocenters. The van der Waals surface area contributed by atoms with Crippen LogP contribution in [0.5, 0.6) is 0 Å². The Morgan fingerprint density at radius 2 is 0.682 bits per heavy atom. The van der Waals surface area contributed by atoms with Crippen molar-refractivity contribution in [1.29, 1.82) is 0 Å². The summed E-state index contributed by atoms with van der Waals surface area (Å²) in [6, 6.07) is 0. The molecule has 7 heteroatoms. The fourth-order valence-corrected chi connectivity index (χ4v) is 0.882. The number of carbonyl (C=O) groups excluding carboxylic acids is 3. The van der Waals surface area contributed by atoms with Crippen molar-refractivity contribution < 1.29 is 46.5 Å². The second kappa shape index (κ2) is 17.2. The Kier molecular flexibility index (Phi) is 22.1. The fourth-order valence-electron chi connectivity index (χ4n) is 0.882. The molecule has 0 aliphatic heterocycles. The summed E-state index contributed by atoms with van der Waals surface area (Å²) in [6.45, 7) is 8.54. The molecule has 0 amide bonds. The molecular weight excluding hydrogens is 335 g/mol. The zero-order chi connectivity index (χ0) is 17.6. The Morgan fingerprint density at radius 1 is 0.545 bits per heavy atom. The Morgan fingerprint density at radius 3 is 0.682 bits per heavy atom. The van der Waals surface area contributed by atoms with Crippen LogP contribution in [0.25, 0.3) is 0 Å². The molecule has 1 radical (unpaired) electrons. The van der Waals surface area contributed by atoms with Crippen LogP contribution in [0.1, 0.15) is 41.5 Å². The molecule has 0 bridgehead atoms. The molecular formula is C15H24CoO6. The summed E-state index contributed by atoms with van der Waals surface area (Å²) in [5, 5.41) is 25.1. The average molecular weight is 359 g/mol. The monoisotopic (exact) mass is 359 g/mol. The smallest absolute Gasteiger partial charge is 0.155 e. The third kappa shape index (κ3) is 51.8. The van der Waals surface area contributed by atoms with Gasteiger partial charge in [0.05, 0.1) is 17.3 Å². The Labute approximate surface area is 141 Å². The van der Waals surface area contributed by atoms with Crippen LogP contribution in [0.3, 0.4) is 0 Å². The predicted molar refractivity (Wildman–Crippen MR) is 81.2 cm³/mol. The van der Waals surface area contributed by atoms with E-state index in [0.29, 0.717) is 0 Å². The van der Waals surface area contributed by atoms with Gasteiger partial charge in [0, 0.05) is 35.0 Å². The van der Waals surface area contributed by atoms with Gasteiger partial charge >= 0.3 is 0 Å². The minimum Gasteiger partial charge on any atom is -0.512 e. The maximum absolute atomic E-state index is 10.0. The van der Waals surface area contributed by atoms with Gasteiger partial charge in [-0.05, 0) is 41.5 Å². The van der Waals surface area contributed by atoms with Gasteiger partial charge in [0.2, 0.25) is 0 Å². The van der Waals surface area contributed by atoms with E-state index in [4.69, 9.17) is 15.3 Å². The van der Waals surface area contributed by atoms with Gasteiger partial charge in [-0.1, -0.05) is 0 Å². The quantitative estimate of drug-likeness (QED) is 0.527.